The molecular weight excluding hydrogens is 278 g/mol. The predicted octanol–water partition coefficient (Wildman–Crippen LogP) is -0.516. The van der Waals surface area contributed by atoms with Crippen LogP contribution in [0.25, 0.3) is 0 Å². The molecule has 8 nitrogen and oxygen atoms in total. The predicted molar refractivity (Wildman–Crippen MR) is 73.8 cm³/mol. The van der Waals surface area contributed by atoms with Crippen molar-refractivity contribution in [2.75, 3.05) is 40.3 Å². The summed E-state index contributed by atoms with van der Waals surface area (Å²) >= 11 is 0. The lowest BCUT2D eigenvalue weighted by Gasteiger charge is -2.22. The monoisotopic (exact) mass is 297 g/mol. The number of carboxylic acid groups (broad SMARTS) is 1. The quantitative estimate of drug-likeness (QED) is 0.669. The molecule has 0 radical (unpaired) electrons. The van der Waals surface area contributed by atoms with Crippen LogP contribution in [0.2, 0.25) is 0 Å². The maximum atomic E-state index is 12.0. The molecule has 116 valence electrons. The molecule has 0 atom stereocenters. The fourth-order valence-electron chi connectivity index (χ4n) is 1.54. The van der Waals surface area contributed by atoms with Gasteiger partial charge < -0.3 is 24.6 Å². The van der Waals surface area contributed by atoms with Crippen molar-refractivity contribution in [3.05, 3.63) is 24.2 Å². The first-order valence-electron chi connectivity index (χ1n) is 6.36. The molecule has 1 heterocycles. The molecule has 2 amide bonds. The highest BCUT2D eigenvalue weighted by Crippen LogP contribution is 1.99. The van der Waals surface area contributed by atoms with Crippen molar-refractivity contribution in [2.24, 2.45) is 0 Å². The third-order valence-electron chi connectivity index (χ3n) is 2.64. The van der Waals surface area contributed by atoms with E-state index >= 15 is 0 Å². The van der Waals surface area contributed by atoms with E-state index in [-0.39, 0.29) is 18.8 Å². The van der Waals surface area contributed by atoms with Gasteiger partial charge >= 0.3 is 5.97 Å². The standard InChI is InChI=1S/C13H19N3O5/c1-15(2)5-6-16(9-12(18)19)11(17)8-14-13(20)10-4-3-7-21-10/h3-4,7H,5-6,8-9H2,1-2H3,(H,14,20)(H,18,19). The van der Waals surface area contributed by atoms with Crippen LogP contribution in [0.4, 0.5) is 0 Å². The summed E-state index contributed by atoms with van der Waals surface area (Å²) in [5.74, 6) is -1.98. The van der Waals surface area contributed by atoms with Gasteiger partial charge in [0.1, 0.15) is 6.54 Å². The Morgan fingerprint density at radius 1 is 1.29 bits per heavy atom. The van der Waals surface area contributed by atoms with E-state index in [1.807, 2.05) is 19.0 Å². The Morgan fingerprint density at radius 3 is 2.52 bits per heavy atom. The van der Waals surface area contributed by atoms with Gasteiger partial charge in [0.25, 0.3) is 5.91 Å². The summed E-state index contributed by atoms with van der Waals surface area (Å²) < 4.78 is 4.89. The largest absolute Gasteiger partial charge is 0.480 e. The summed E-state index contributed by atoms with van der Waals surface area (Å²) in [6.07, 6.45) is 1.35. The number of nitrogens with one attached hydrogen (secondary N) is 1. The van der Waals surface area contributed by atoms with Gasteiger partial charge in [-0.05, 0) is 26.2 Å². The molecule has 1 aromatic heterocycles. The molecule has 0 aliphatic carbocycles. The number of hydrogen-bond donors (Lipinski definition) is 2. The van der Waals surface area contributed by atoms with Crippen molar-refractivity contribution in [2.45, 2.75) is 0 Å². The van der Waals surface area contributed by atoms with Crippen LogP contribution >= 0.6 is 0 Å². The number of likely N-dealkylation sites (N-methyl/N-ethyl adjacent to an activating group) is 1. The number of carboxylic acids is 1. The van der Waals surface area contributed by atoms with Gasteiger partial charge in [0.05, 0.1) is 12.8 Å². The minimum atomic E-state index is -1.10. The van der Waals surface area contributed by atoms with Crippen molar-refractivity contribution in [1.29, 1.82) is 0 Å². The van der Waals surface area contributed by atoms with Gasteiger partial charge in [0.15, 0.2) is 5.76 Å². The number of hydrogen-bond acceptors (Lipinski definition) is 5. The Hall–Kier alpha value is -2.35. The first kappa shape index (κ1) is 16.7. The van der Waals surface area contributed by atoms with Crippen LogP contribution in [0.15, 0.2) is 22.8 Å². The number of aliphatic carboxylic acids is 1. The molecule has 1 rings (SSSR count). The highest BCUT2D eigenvalue weighted by Gasteiger charge is 2.18. The number of furan rings is 1. The minimum Gasteiger partial charge on any atom is -0.480 e. The molecule has 0 fully saturated rings. The Bertz CT molecular complexity index is 484. The molecule has 0 aliphatic rings. The average molecular weight is 297 g/mol. The van der Waals surface area contributed by atoms with E-state index in [1.165, 1.54) is 17.2 Å². The number of carbonyl (C=O) groups excluding carboxylic acids is 2. The van der Waals surface area contributed by atoms with E-state index in [4.69, 9.17) is 9.52 Å². The normalized spacial score (nSPS) is 10.4. The van der Waals surface area contributed by atoms with Crippen molar-refractivity contribution >= 4 is 17.8 Å². The van der Waals surface area contributed by atoms with Gasteiger partial charge in [-0.2, -0.15) is 0 Å². The van der Waals surface area contributed by atoms with Crippen LogP contribution in [0, 0.1) is 0 Å². The molecule has 8 heteroatoms. The fourth-order valence-corrected chi connectivity index (χ4v) is 1.54. The second-order valence-corrected chi connectivity index (χ2v) is 4.67. The first-order chi connectivity index (χ1) is 9.90. The molecular formula is C13H19N3O5. The van der Waals surface area contributed by atoms with E-state index in [1.54, 1.807) is 6.07 Å². The number of nitrogens with zero attached hydrogens (tertiary/aromatic N) is 2. The van der Waals surface area contributed by atoms with Gasteiger partial charge in [0, 0.05) is 13.1 Å². The van der Waals surface area contributed by atoms with Crippen LogP contribution in [0.5, 0.6) is 0 Å². The van der Waals surface area contributed by atoms with Gasteiger partial charge in [-0.25, -0.2) is 0 Å². The van der Waals surface area contributed by atoms with Gasteiger partial charge in [0.2, 0.25) is 5.91 Å². The van der Waals surface area contributed by atoms with Crippen LogP contribution in [-0.4, -0.2) is 73.0 Å². The molecule has 0 aliphatic heterocycles. The van der Waals surface area contributed by atoms with Crippen LogP contribution in [0.3, 0.4) is 0 Å². The third kappa shape index (κ3) is 6.09. The molecule has 0 saturated heterocycles. The van der Waals surface area contributed by atoms with Crippen LogP contribution < -0.4 is 5.32 Å². The molecule has 0 bridgehead atoms. The van der Waals surface area contributed by atoms with Gasteiger partial charge in [-0.15, -0.1) is 0 Å². The highest BCUT2D eigenvalue weighted by molar-refractivity contribution is 5.94. The lowest BCUT2D eigenvalue weighted by molar-refractivity contribution is -0.144. The second-order valence-electron chi connectivity index (χ2n) is 4.67. The molecule has 0 unspecified atom stereocenters. The van der Waals surface area contributed by atoms with Crippen molar-refractivity contribution in [3.8, 4) is 0 Å². The summed E-state index contributed by atoms with van der Waals surface area (Å²) in [6, 6.07) is 3.03. The van der Waals surface area contributed by atoms with Crippen molar-refractivity contribution < 1.29 is 23.9 Å². The lowest BCUT2D eigenvalue weighted by Crippen LogP contribution is -2.45. The zero-order valence-corrected chi connectivity index (χ0v) is 12.0. The van der Waals surface area contributed by atoms with Crippen LogP contribution in [-0.2, 0) is 9.59 Å². The fraction of sp³-hybridized carbons (Fsp3) is 0.462. The molecule has 0 spiro atoms. The summed E-state index contributed by atoms with van der Waals surface area (Å²) in [7, 11) is 3.64. The zero-order valence-electron chi connectivity index (χ0n) is 12.0. The molecule has 0 saturated carbocycles. The number of carbonyl (C=O) groups is 3. The zero-order chi connectivity index (χ0) is 15.8. The number of amides is 2. The maximum Gasteiger partial charge on any atom is 0.323 e. The third-order valence-corrected chi connectivity index (χ3v) is 2.64. The summed E-state index contributed by atoms with van der Waals surface area (Å²) in [6.45, 7) is 0.128. The molecule has 0 aromatic carbocycles. The van der Waals surface area contributed by atoms with Crippen molar-refractivity contribution in [3.63, 3.8) is 0 Å². The van der Waals surface area contributed by atoms with E-state index in [0.29, 0.717) is 6.54 Å². The lowest BCUT2D eigenvalue weighted by atomic mass is 10.4. The van der Waals surface area contributed by atoms with Gasteiger partial charge in [-0.3, -0.25) is 14.4 Å². The highest BCUT2D eigenvalue weighted by atomic mass is 16.4. The average Bonchev–Trinajstić information content (AvgIpc) is 2.93. The molecule has 21 heavy (non-hydrogen) atoms. The smallest absolute Gasteiger partial charge is 0.323 e. The van der Waals surface area contributed by atoms with E-state index in [2.05, 4.69) is 5.32 Å². The summed E-state index contributed by atoms with van der Waals surface area (Å²) in [4.78, 5) is 37.4. The Balaban J connectivity index is 2.51. The summed E-state index contributed by atoms with van der Waals surface area (Å²) in [5, 5.41) is 11.2. The SMILES string of the molecule is CN(C)CCN(CC(=O)O)C(=O)CNC(=O)c1ccco1. The van der Waals surface area contributed by atoms with E-state index in [9.17, 15) is 14.4 Å². The summed E-state index contributed by atoms with van der Waals surface area (Å²) in [5.41, 5.74) is 0. The Morgan fingerprint density at radius 2 is 2.00 bits per heavy atom. The molecule has 2 N–H and O–H groups in total. The Labute approximate surface area is 122 Å². The first-order valence-corrected chi connectivity index (χ1v) is 6.36. The minimum absolute atomic E-state index is 0.0980. The molecule has 1 aromatic rings. The van der Waals surface area contributed by atoms with Gasteiger partial charge in [-0.1, -0.05) is 0 Å². The maximum absolute atomic E-state index is 12.0. The van der Waals surface area contributed by atoms with Crippen molar-refractivity contribution in [1.82, 2.24) is 15.1 Å². The van der Waals surface area contributed by atoms with E-state index < -0.39 is 24.3 Å². The second kappa shape index (κ2) is 8.05. The van der Waals surface area contributed by atoms with E-state index in [0.717, 1.165) is 0 Å². The topological polar surface area (TPSA) is 103 Å². The Kier molecular flexibility index (Phi) is 6.41. The van der Waals surface area contributed by atoms with Crippen LogP contribution in [0.1, 0.15) is 10.6 Å². The number of rotatable bonds is 8.